The average molecular weight is 314 g/mol. The standard InChI is InChI=1S/C12H12BrNO2S/c1-7-5-8(3-4-10(7)16-2)12-14-9(6-15)11(13)17-12/h3-5,15H,6H2,1-2H3. The maximum absolute atomic E-state index is 9.11. The maximum Gasteiger partial charge on any atom is 0.124 e. The lowest BCUT2D eigenvalue weighted by Crippen LogP contribution is -1.88. The van der Waals surface area contributed by atoms with Gasteiger partial charge in [0.2, 0.25) is 0 Å². The van der Waals surface area contributed by atoms with Gasteiger partial charge >= 0.3 is 0 Å². The van der Waals surface area contributed by atoms with Crippen LogP contribution in [0.1, 0.15) is 11.3 Å². The molecule has 90 valence electrons. The van der Waals surface area contributed by atoms with Crippen molar-refractivity contribution in [3.63, 3.8) is 0 Å². The Labute approximate surface area is 112 Å². The van der Waals surface area contributed by atoms with Crippen molar-refractivity contribution in [2.75, 3.05) is 7.11 Å². The van der Waals surface area contributed by atoms with Crippen LogP contribution >= 0.6 is 27.3 Å². The molecule has 0 amide bonds. The lowest BCUT2D eigenvalue weighted by molar-refractivity contribution is 0.277. The molecule has 0 aliphatic rings. The Kier molecular flexibility index (Phi) is 3.81. The molecule has 0 aliphatic carbocycles. The first-order chi connectivity index (χ1) is 8.15. The zero-order valence-corrected chi connectivity index (χ0v) is 11.9. The van der Waals surface area contributed by atoms with E-state index in [1.54, 1.807) is 7.11 Å². The molecule has 2 rings (SSSR count). The lowest BCUT2D eigenvalue weighted by atomic mass is 10.1. The van der Waals surface area contributed by atoms with Gasteiger partial charge in [0.1, 0.15) is 10.8 Å². The number of ether oxygens (including phenoxy) is 1. The van der Waals surface area contributed by atoms with Crippen molar-refractivity contribution in [2.24, 2.45) is 0 Å². The Morgan fingerprint density at radius 3 is 2.76 bits per heavy atom. The van der Waals surface area contributed by atoms with E-state index in [1.807, 2.05) is 25.1 Å². The zero-order valence-electron chi connectivity index (χ0n) is 9.53. The second-order valence-corrected chi connectivity index (χ2v) is 5.90. The molecule has 2 aromatic rings. The third-order valence-corrected chi connectivity index (χ3v) is 4.32. The number of nitrogens with zero attached hydrogens (tertiary/aromatic N) is 1. The number of aryl methyl sites for hydroxylation is 1. The molecular formula is C12H12BrNO2S. The molecule has 5 heteroatoms. The van der Waals surface area contributed by atoms with Gasteiger partial charge in [-0.15, -0.1) is 11.3 Å². The van der Waals surface area contributed by atoms with E-state index >= 15 is 0 Å². The SMILES string of the molecule is COc1ccc(-c2nc(CO)c(Br)s2)cc1C. The molecule has 0 unspecified atom stereocenters. The molecule has 1 aromatic heterocycles. The summed E-state index contributed by atoms with van der Waals surface area (Å²) < 4.78 is 6.10. The Hall–Kier alpha value is -0.910. The number of halogens is 1. The third kappa shape index (κ3) is 2.51. The van der Waals surface area contributed by atoms with Gasteiger partial charge in [0.15, 0.2) is 0 Å². The fraction of sp³-hybridized carbons (Fsp3) is 0.250. The predicted molar refractivity (Wildman–Crippen MR) is 72.5 cm³/mol. The molecule has 1 heterocycles. The molecule has 0 saturated heterocycles. The van der Waals surface area contributed by atoms with E-state index in [-0.39, 0.29) is 6.61 Å². The average Bonchev–Trinajstić information content (AvgIpc) is 2.70. The molecular weight excluding hydrogens is 302 g/mol. The number of aromatic nitrogens is 1. The summed E-state index contributed by atoms with van der Waals surface area (Å²) in [4.78, 5) is 4.38. The van der Waals surface area contributed by atoms with Gasteiger partial charge in [0.25, 0.3) is 0 Å². The largest absolute Gasteiger partial charge is 0.496 e. The van der Waals surface area contributed by atoms with Crippen LogP contribution in [0, 0.1) is 6.92 Å². The van der Waals surface area contributed by atoms with Crippen molar-refractivity contribution >= 4 is 27.3 Å². The second-order valence-electron chi connectivity index (χ2n) is 3.58. The summed E-state index contributed by atoms with van der Waals surface area (Å²) >= 11 is 4.91. The van der Waals surface area contributed by atoms with Crippen LogP contribution in [0.15, 0.2) is 22.0 Å². The monoisotopic (exact) mass is 313 g/mol. The molecule has 1 aromatic carbocycles. The summed E-state index contributed by atoms with van der Waals surface area (Å²) in [5.41, 5.74) is 2.79. The molecule has 0 saturated carbocycles. The van der Waals surface area contributed by atoms with Crippen molar-refractivity contribution in [2.45, 2.75) is 13.5 Å². The van der Waals surface area contributed by atoms with Crippen molar-refractivity contribution in [3.8, 4) is 16.3 Å². The van der Waals surface area contributed by atoms with Crippen LogP contribution in [-0.2, 0) is 6.61 Å². The van der Waals surface area contributed by atoms with E-state index in [0.717, 1.165) is 25.7 Å². The summed E-state index contributed by atoms with van der Waals surface area (Å²) in [5, 5.41) is 10.0. The summed E-state index contributed by atoms with van der Waals surface area (Å²) in [6.07, 6.45) is 0. The number of hydrogen-bond acceptors (Lipinski definition) is 4. The van der Waals surface area contributed by atoms with E-state index < -0.39 is 0 Å². The Morgan fingerprint density at radius 1 is 1.47 bits per heavy atom. The van der Waals surface area contributed by atoms with Crippen LogP contribution in [0.5, 0.6) is 5.75 Å². The summed E-state index contributed by atoms with van der Waals surface area (Å²) in [6.45, 7) is 1.95. The number of aliphatic hydroxyl groups is 1. The fourth-order valence-electron chi connectivity index (χ4n) is 1.57. The van der Waals surface area contributed by atoms with Gasteiger partial charge in [-0.05, 0) is 46.6 Å². The second kappa shape index (κ2) is 5.16. The minimum absolute atomic E-state index is 0.0494. The van der Waals surface area contributed by atoms with E-state index in [2.05, 4.69) is 20.9 Å². The van der Waals surface area contributed by atoms with Gasteiger partial charge in [-0.2, -0.15) is 0 Å². The normalized spacial score (nSPS) is 10.6. The maximum atomic E-state index is 9.11. The van der Waals surface area contributed by atoms with Crippen LogP contribution in [-0.4, -0.2) is 17.2 Å². The quantitative estimate of drug-likeness (QED) is 0.944. The van der Waals surface area contributed by atoms with Crippen molar-refractivity contribution in [1.82, 2.24) is 4.98 Å². The van der Waals surface area contributed by atoms with Gasteiger partial charge in [-0.1, -0.05) is 0 Å². The summed E-state index contributed by atoms with van der Waals surface area (Å²) in [7, 11) is 1.66. The molecule has 0 radical (unpaired) electrons. The van der Waals surface area contributed by atoms with E-state index in [9.17, 15) is 0 Å². The number of rotatable bonds is 3. The highest BCUT2D eigenvalue weighted by atomic mass is 79.9. The van der Waals surface area contributed by atoms with Crippen LogP contribution in [0.4, 0.5) is 0 Å². The van der Waals surface area contributed by atoms with E-state index in [0.29, 0.717) is 5.69 Å². The molecule has 0 fully saturated rings. The Bertz CT molecular complexity index is 539. The Morgan fingerprint density at radius 2 is 2.24 bits per heavy atom. The van der Waals surface area contributed by atoms with Crippen LogP contribution in [0.2, 0.25) is 0 Å². The van der Waals surface area contributed by atoms with Gasteiger partial charge in [-0.25, -0.2) is 4.98 Å². The Balaban J connectivity index is 2.42. The number of thiazole rings is 1. The van der Waals surface area contributed by atoms with Crippen LogP contribution in [0.3, 0.4) is 0 Å². The smallest absolute Gasteiger partial charge is 0.124 e. The molecule has 0 bridgehead atoms. The van der Waals surface area contributed by atoms with Crippen LogP contribution in [0.25, 0.3) is 10.6 Å². The number of benzene rings is 1. The first-order valence-electron chi connectivity index (χ1n) is 5.06. The highest BCUT2D eigenvalue weighted by Crippen LogP contribution is 2.33. The first kappa shape index (κ1) is 12.5. The molecule has 0 spiro atoms. The van der Waals surface area contributed by atoms with Gasteiger partial charge < -0.3 is 9.84 Å². The van der Waals surface area contributed by atoms with Crippen molar-refractivity contribution < 1.29 is 9.84 Å². The minimum Gasteiger partial charge on any atom is -0.496 e. The topological polar surface area (TPSA) is 42.4 Å². The van der Waals surface area contributed by atoms with Gasteiger partial charge in [0.05, 0.1) is 23.2 Å². The van der Waals surface area contributed by atoms with Crippen molar-refractivity contribution in [3.05, 3.63) is 33.2 Å². The molecule has 1 N–H and O–H groups in total. The number of hydrogen-bond donors (Lipinski definition) is 1. The highest BCUT2D eigenvalue weighted by molar-refractivity contribution is 9.11. The zero-order chi connectivity index (χ0) is 12.4. The molecule has 17 heavy (non-hydrogen) atoms. The summed E-state index contributed by atoms with van der Waals surface area (Å²) in [6, 6.07) is 5.93. The summed E-state index contributed by atoms with van der Waals surface area (Å²) in [5.74, 6) is 0.867. The number of methoxy groups -OCH3 is 1. The van der Waals surface area contributed by atoms with E-state index in [1.165, 1.54) is 11.3 Å². The number of aliphatic hydroxyl groups excluding tert-OH is 1. The lowest BCUT2D eigenvalue weighted by Gasteiger charge is -2.05. The highest BCUT2D eigenvalue weighted by Gasteiger charge is 2.10. The first-order valence-corrected chi connectivity index (χ1v) is 6.67. The molecule has 0 atom stereocenters. The van der Waals surface area contributed by atoms with Gasteiger partial charge in [0, 0.05) is 5.56 Å². The van der Waals surface area contributed by atoms with Crippen LogP contribution < -0.4 is 4.74 Å². The molecule has 0 aliphatic heterocycles. The predicted octanol–water partition coefficient (Wildman–Crippen LogP) is 3.38. The van der Waals surface area contributed by atoms with Crippen molar-refractivity contribution in [1.29, 1.82) is 0 Å². The van der Waals surface area contributed by atoms with Gasteiger partial charge in [-0.3, -0.25) is 0 Å². The fourth-order valence-corrected chi connectivity index (χ4v) is 3.04. The minimum atomic E-state index is -0.0494. The molecule has 3 nitrogen and oxygen atoms in total. The third-order valence-electron chi connectivity index (χ3n) is 2.44. The van der Waals surface area contributed by atoms with E-state index in [4.69, 9.17) is 9.84 Å².